The van der Waals surface area contributed by atoms with E-state index in [0.717, 1.165) is 31.7 Å². The lowest BCUT2D eigenvalue weighted by molar-refractivity contribution is 0.199. The number of nitrogens with zero attached hydrogens (tertiary/aromatic N) is 1. The Labute approximate surface area is 109 Å². The molecule has 0 unspecified atom stereocenters. The third-order valence-corrected chi connectivity index (χ3v) is 2.84. The van der Waals surface area contributed by atoms with Crippen LogP contribution >= 0.6 is 0 Å². The summed E-state index contributed by atoms with van der Waals surface area (Å²) in [5.41, 5.74) is 9.33. The van der Waals surface area contributed by atoms with Crippen LogP contribution in [0.4, 0.5) is 5.82 Å². The first-order chi connectivity index (χ1) is 8.66. The summed E-state index contributed by atoms with van der Waals surface area (Å²) < 4.78 is 4.97. The molecule has 0 saturated heterocycles. The van der Waals surface area contributed by atoms with E-state index in [0.29, 0.717) is 5.82 Å². The molecule has 4 heteroatoms. The Balaban J connectivity index is 2.51. The first kappa shape index (κ1) is 14.7. The van der Waals surface area contributed by atoms with Gasteiger partial charge in [-0.15, -0.1) is 0 Å². The second-order valence-corrected chi connectivity index (χ2v) is 4.31. The molecule has 1 rings (SSSR count). The molecule has 0 radical (unpaired) electrons. The van der Waals surface area contributed by atoms with Gasteiger partial charge < -0.3 is 15.8 Å². The van der Waals surface area contributed by atoms with Gasteiger partial charge in [0.15, 0.2) is 0 Å². The van der Waals surface area contributed by atoms with Crippen LogP contribution in [0.1, 0.15) is 24.5 Å². The molecule has 0 aliphatic rings. The van der Waals surface area contributed by atoms with Gasteiger partial charge in [-0.2, -0.15) is 0 Å². The molecule has 0 fully saturated rings. The Bertz CT molecular complexity index is 382. The summed E-state index contributed by atoms with van der Waals surface area (Å²) in [6, 6.07) is 1.99. The van der Waals surface area contributed by atoms with Gasteiger partial charge in [0.25, 0.3) is 0 Å². The highest BCUT2D eigenvalue weighted by Gasteiger charge is 2.05. The molecule has 0 atom stereocenters. The van der Waals surface area contributed by atoms with Crippen LogP contribution in [0.25, 0.3) is 5.57 Å². The highest BCUT2D eigenvalue weighted by molar-refractivity contribution is 5.73. The average molecular weight is 249 g/mol. The fraction of sp³-hybridized carbons (Fsp3) is 0.500. The SMILES string of the molecule is COCCNCCC=C(C)c1c(C)ccnc1N. The van der Waals surface area contributed by atoms with Crippen LogP contribution < -0.4 is 11.1 Å². The minimum Gasteiger partial charge on any atom is -0.383 e. The Morgan fingerprint density at radius 2 is 2.28 bits per heavy atom. The van der Waals surface area contributed by atoms with Gasteiger partial charge in [0, 0.05) is 25.4 Å². The van der Waals surface area contributed by atoms with Gasteiger partial charge in [-0.1, -0.05) is 6.08 Å². The molecule has 0 spiro atoms. The molecule has 3 N–H and O–H groups in total. The van der Waals surface area contributed by atoms with Crippen molar-refractivity contribution in [3.63, 3.8) is 0 Å². The van der Waals surface area contributed by atoms with Crippen molar-refractivity contribution >= 4 is 11.4 Å². The lowest BCUT2D eigenvalue weighted by atomic mass is 10.0. The largest absolute Gasteiger partial charge is 0.383 e. The van der Waals surface area contributed by atoms with E-state index >= 15 is 0 Å². The van der Waals surface area contributed by atoms with E-state index in [1.54, 1.807) is 13.3 Å². The lowest BCUT2D eigenvalue weighted by Gasteiger charge is -2.09. The summed E-state index contributed by atoms with van der Waals surface area (Å²) in [5, 5.41) is 3.31. The van der Waals surface area contributed by atoms with Crippen molar-refractivity contribution in [3.05, 3.63) is 29.5 Å². The van der Waals surface area contributed by atoms with Gasteiger partial charge in [0.1, 0.15) is 5.82 Å². The van der Waals surface area contributed by atoms with Gasteiger partial charge in [-0.25, -0.2) is 4.98 Å². The quantitative estimate of drug-likeness (QED) is 0.726. The standard InChI is InChI=1S/C14H23N3O/c1-11(5-4-7-16-9-10-18-3)13-12(2)6-8-17-14(13)15/h5-6,8,16H,4,7,9-10H2,1-3H3,(H2,15,17). The van der Waals surface area contributed by atoms with Gasteiger partial charge in [-0.3, -0.25) is 0 Å². The maximum absolute atomic E-state index is 5.91. The van der Waals surface area contributed by atoms with Gasteiger partial charge in [0.2, 0.25) is 0 Å². The molecule has 1 aromatic rings. The number of pyridine rings is 1. The third-order valence-electron chi connectivity index (χ3n) is 2.84. The highest BCUT2D eigenvalue weighted by Crippen LogP contribution is 2.23. The first-order valence-corrected chi connectivity index (χ1v) is 6.24. The van der Waals surface area contributed by atoms with Crippen molar-refractivity contribution in [2.24, 2.45) is 0 Å². The predicted molar refractivity (Wildman–Crippen MR) is 76.4 cm³/mol. The van der Waals surface area contributed by atoms with E-state index in [4.69, 9.17) is 10.5 Å². The molecule has 0 aliphatic heterocycles. The molecule has 0 aliphatic carbocycles. The first-order valence-electron chi connectivity index (χ1n) is 6.24. The molecular weight excluding hydrogens is 226 g/mol. The number of ether oxygens (including phenoxy) is 1. The van der Waals surface area contributed by atoms with Crippen LogP contribution in [0, 0.1) is 6.92 Å². The minimum atomic E-state index is 0.607. The summed E-state index contributed by atoms with van der Waals surface area (Å²) in [4.78, 5) is 4.13. The number of aromatic nitrogens is 1. The lowest BCUT2D eigenvalue weighted by Crippen LogP contribution is -2.19. The number of methoxy groups -OCH3 is 1. The zero-order valence-corrected chi connectivity index (χ0v) is 11.5. The van der Waals surface area contributed by atoms with Crippen LogP contribution in [-0.2, 0) is 4.74 Å². The highest BCUT2D eigenvalue weighted by atomic mass is 16.5. The predicted octanol–water partition coefficient (Wildman–Crippen LogP) is 2.00. The van der Waals surface area contributed by atoms with Crippen molar-refractivity contribution in [1.29, 1.82) is 0 Å². The van der Waals surface area contributed by atoms with E-state index in [1.807, 2.05) is 6.07 Å². The number of nitrogens with one attached hydrogen (secondary N) is 1. The smallest absolute Gasteiger partial charge is 0.131 e. The van der Waals surface area contributed by atoms with E-state index in [1.165, 1.54) is 11.1 Å². The number of allylic oxidation sites excluding steroid dienone is 1. The molecule has 0 amide bonds. The van der Waals surface area contributed by atoms with Crippen molar-refractivity contribution in [2.45, 2.75) is 20.3 Å². The molecule has 1 aromatic heterocycles. The summed E-state index contributed by atoms with van der Waals surface area (Å²) >= 11 is 0. The topological polar surface area (TPSA) is 60.2 Å². The Morgan fingerprint density at radius 1 is 1.50 bits per heavy atom. The van der Waals surface area contributed by atoms with E-state index in [2.05, 4.69) is 30.2 Å². The summed E-state index contributed by atoms with van der Waals surface area (Å²) in [6.45, 7) is 6.71. The summed E-state index contributed by atoms with van der Waals surface area (Å²) in [7, 11) is 1.71. The Kier molecular flexibility index (Phi) is 6.39. The second kappa shape index (κ2) is 7.84. The number of hydrogen-bond acceptors (Lipinski definition) is 4. The van der Waals surface area contributed by atoms with Crippen LogP contribution in [-0.4, -0.2) is 31.8 Å². The number of hydrogen-bond donors (Lipinski definition) is 2. The van der Waals surface area contributed by atoms with E-state index < -0.39 is 0 Å². The molecule has 0 saturated carbocycles. The van der Waals surface area contributed by atoms with Crippen LogP contribution in [0.2, 0.25) is 0 Å². The zero-order valence-electron chi connectivity index (χ0n) is 11.5. The normalized spacial score (nSPS) is 11.8. The minimum absolute atomic E-state index is 0.607. The molecular formula is C14H23N3O. The third kappa shape index (κ3) is 4.47. The van der Waals surface area contributed by atoms with Crippen LogP contribution in [0.15, 0.2) is 18.3 Å². The monoisotopic (exact) mass is 249 g/mol. The van der Waals surface area contributed by atoms with Gasteiger partial charge in [-0.05, 0) is 44.0 Å². The maximum Gasteiger partial charge on any atom is 0.131 e. The molecule has 4 nitrogen and oxygen atoms in total. The molecule has 18 heavy (non-hydrogen) atoms. The summed E-state index contributed by atoms with van der Waals surface area (Å²) in [5.74, 6) is 0.607. The number of nitrogens with two attached hydrogens (primary N) is 1. The fourth-order valence-electron chi connectivity index (χ4n) is 1.88. The Morgan fingerprint density at radius 3 is 2.94 bits per heavy atom. The van der Waals surface area contributed by atoms with E-state index in [-0.39, 0.29) is 0 Å². The molecule has 0 aromatic carbocycles. The van der Waals surface area contributed by atoms with Crippen LogP contribution in [0.5, 0.6) is 0 Å². The van der Waals surface area contributed by atoms with Gasteiger partial charge in [0.05, 0.1) is 6.61 Å². The van der Waals surface area contributed by atoms with E-state index in [9.17, 15) is 0 Å². The molecule has 0 bridgehead atoms. The van der Waals surface area contributed by atoms with Crippen molar-refractivity contribution < 1.29 is 4.74 Å². The van der Waals surface area contributed by atoms with Crippen LogP contribution in [0.3, 0.4) is 0 Å². The zero-order chi connectivity index (χ0) is 13.4. The maximum atomic E-state index is 5.91. The summed E-state index contributed by atoms with van der Waals surface area (Å²) in [6.07, 6.45) is 4.91. The Hall–Kier alpha value is -1.39. The van der Waals surface area contributed by atoms with Crippen molar-refractivity contribution in [2.75, 3.05) is 32.5 Å². The molecule has 100 valence electrons. The number of rotatable bonds is 7. The molecule has 1 heterocycles. The number of anilines is 1. The fourth-order valence-corrected chi connectivity index (χ4v) is 1.88. The van der Waals surface area contributed by atoms with Crippen molar-refractivity contribution in [1.82, 2.24) is 10.3 Å². The van der Waals surface area contributed by atoms with Gasteiger partial charge >= 0.3 is 0 Å². The van der Waals surface area contributed by atoms with Crippen molar-refractivity contribution in [3.8, 4) is 0 Å². The number of nitrogen functional groups attached to an aromatic ring is 1. The number of aryl methyl sites for hydroxylation is 1. The average Bonchev–Trinajstić information content (AvgIpc) is 2.33. The second-order valence-electron chi connectivity index (χ2n) is 4.31.